The van der Waals surface area contributed by atoms with Gasteiger partial charge in [-0.1, -0.05) is 30.3 Å². The van der Waals surface area contributed by atoms with Crippen molar-refractivity contribution < 1.29 is 23.4 Å². The SMILES string of the molecule is CC(C)(C)OC(=O)N1CCC2(CCNC2)C1c1ncncc1Oc1ccc(F)cc1OCc1ccccc1. The molecule has 0 aliphatic carbocycles. The van der Waals surface area contributed by atoms with E-state index in [-0.39, 0.29) is 29.9 Å². The summed E-state index contributed by atoms with van der Waals surface area (Å²) in [7, 11) is 0. The zero-order chi connectivity index (χ0) is 26.8. The van der Waals surface area contributed by atoms with Crippen molar-refractivity contribution in [3.05, 3.63) is 78.1 Å². The summed E-state index contributed by atoms with van der Waals surface area (Å²) in [6.45, 7) is 7.97. The Morgan fingerprint density at radius 3 is 2.68 bits per heavy atom. The normalized spacial score (nSPS) is 21.1. The summed E-state index contributed by atoms with van der Waals surface area (Å²) in [5.74, 6) is 0.540. The molecule has 2 fully saturated rings. The van der Waals surface area contributed by atoms with Crippen LogP contribution in [0.1, 0.15) is 50.9 Å². The van der Waals surface area contributed by atoms with Gasteiger partial charge < -0.3 is 19.5 Å². The highest BCUT2D eigenvalue weighted by molar-refractivity contribution is 5.70. The van der Waals surface area contributed by atoms with Gasteiger partial charge in [0.2, 0.25) is 0 Å². The summed E-state index contributed by atoms with van der Waals surface area (Å²) in [5.41, 5.74) is 0.695. The summed E-state index contributed by atoms with van der Waals surface area (Å²) >= 11 is 0. The van der Waals surface area contributed by atoms with Gasteiger partial charge in [-0.2, -0.15) is 0 Å². The average Bonchev–Trinajstić information content (AvgIpc) is 3.51. The van der Waals surface area contributed by atoms with Crippen LogP contribution in [0.15, 0.2) is 61.1 Å². The average molecular weight is 521 g/mol. The summed E-state index contributed by atoms with van der Waals surface area (Å²) in [5, 5.41) is 3.45. The van der Waals surface area contributed by atoms with Crippen LogP contribution in [0.4, 0.5) is 9.18 Å². The van der Waals surface area contributed by atoms with E-state index >= 15 is 0 Å². The highest BCUT2D eigenvalue weighted by Crippen LogP contribution is 2.53. The molecule has 0 bridgehead atoms. The number of carbonyl (C=O) groups is 1. The minimum absolute atomic E-state index is 0.210. The number of hydrogen-bond donors (Lipinski definition) is 1. The third-order valence-corrected chi connectivity index (χ3v) is 6.98. The van der Waals surface area contributed by atoms with Gasteiger partial charge in [-0.25, -0.2) is 19.2 Å². The minimum Gasteiger partial charge on any atom is -0.485 e. The van der Waals surface area contributed by atoms with Gasteiger partial charge in [0.05, 0.1) is 12.2 Å². The standard InChI is InChI=1S/C29H33FN4O4/c1-28(2,3)38-27(35)34-14-12-29(11-13-31-18-29)26(34)25-24(16-32-19-33-25)37-22-10-9-21(30)15-23(22)36-17-20-7-5-4-6-8-20/h4-10,15-16,19,26,31H,11-14,17-18H2,1-3H3. The van der Waals surface area contributed by atoms with Gasteiger partial charge in [-0.05, 0) is 57.9 Å². The molecule has 5 rings (SSSR count). The third-order valence-electron chi connectivity index (χ3n) is 6.98. The first kappa shape index (κ1) is 25.9. The molecule has 2 aliphatic rings. The number of benzene rings is 2. The smallest absolute Gasteiger partial charge is 0.410 e. The quantitative estimate of drug-likeness (QED) is 0.450. The predicted molar refractivity (Wildman–Crippen MR) is 139 cm³/mol. The van der Waals surface area contributed by atoms with E-state index in [1.807, 2.05) is 51.1 Å². The van der Waals surface area contributed by atoms with Crippen molar-refractivity contribution in [3.63, 3.8) is 0 Å². The van der Waals surface area contributed by atoms with Crippen LogP contribution in [0.3, 0.4) is 0 Å². The van der Waals surface area contributed by atoms with Crippen molar-refractivity contribution in [3.8, 4) is 17.2 Å². The number of carbonyl (C=O) groups excluding carboxylic acids is 1. The Kier molecular flexibility index (Phi) is 7.21. The molecule has 1 N–H and O–H groups in total. The Morgan fingerprint density at radius 2 is 1.95 bits per heavy atom. The van der Waals surface area contributed by atoms with Crippen molar-refractivity contribution in [1.82, 2.24) is 20.2 Å². The molecule has 2 unspecified atom stereocenters. The molecule has 8 nitrogen and oxygen atoms in total. The lowest BCUT2D eigenvalue weighted by Gasteiger charge is -2.35. The molecule has 2 aromatic carbocycles. The van der Waals surface area contributed by atoms with E-state index in [1.165, 1.54) is 24.5 Å². The van der Waals surface area contributed by atoms with E-state index in [0.29, 0.717) is 23.7 Å². The molecule has 1 aromatic heterocycles. The third kappa shape index (κ3) is 5.57. The highest BCUT2D eigenvalue weighted by atomic mass is 19.1. The first-order valence-electron chi connectivity index (χ1n) is 12.9. The summed E-state index contributed by atoms with van der Waals surface area (Å²) in [6.07, 6.45) is 4.36. The van der Waals surface area contributed by atoms with E-state index in [0.717, 1.165) is 31.5 Å². The number of aromatic nitrogens is 2. The second kappa shape index (κ2) is 10.6. The second-order valence-corrected chi connectivity index (χ2v) is 10.9. The van der Waals surface area contributed by atoms with E-state index in [1.54, 1.807) is 11.1 Å². The molecule has 1 amide bonds. The second-order valence-electron chi connectivity index (χ2n) is 10.9. The van der Waals surface area contributed by atoms with Gasteiger partial charge in [0.25, 0.3) is 0 Å². The number of ether oxygens (including phenoxy) is 3. The molecule has 200 valence electrons. The van der Waals surface area contributed by atoms with Crippen LogP contribution in [0, 0.1) is 11.2 Å². The van der Waals surface area contributed by atoms with Gasteiger partial charge in [-0.3, -0.25) is 4.90 Å². The van der Waals surface area contributed by atoms with Gasteiger partial charge >= 0.3 is 6.09 Å². The highest BCUT2D eigenvalue weighted by Gasteiger charge is 2.53. The molecule has 2 atom stereocenters. The zero-order valence-corrected chi connectivity index (χ0v) is 21.9. The molecule has 38 heavy (non-hydrogen) atoms. The van der Waals surface area contributed by atoms with Crippen molar-refractivity contribution >= 4 is 6.09 Å². The Bertz CT molecular complexity index is 1280. The van der Waals surface area contributed by atoms with Gasteiger partial charge in [0, 0.05) is 24.6 Å². The Hall–Kier alpha value is -3.72. The van der Waals surface area contributed by atoms with Gasteiger partial charge in [-0.15, -0.1) is 0 Å². The largest absolute Gasteiger partial charge is 0.485 e. The van der Waals surface area contributed by atoms with Crippen LogP contribution in [0.2, 0.25) is 0 Å². The molecule has 3 heterocycles. The van der Waals surface area contributed by atoms with Crippen molar-refractivity contribution in [2.24, 2.45) is 5.41 Å². The topological polar surface area (TPSA) is 85.8 Å². The van der Waals surface area contributed by atoms with Crippen LogP contribution in [-0.2, 0) is 11.3 Å². The number of amides is 1. The Balaban J connectivity index is 1.47. The molecular weight excluding hydrogens is 487 g/mol. The fourth-order valence-corrected chi connectivity index (χ4v) is 5.25. The number of halogens is 1. The van der Waals surface area contributed by atoms with Crippen LogP contribution in [-0.4, -0.2) is 46.2 Å². The molecule has 9 heteroatoms. The van der Waals surface area contributed by atoms with E-state index < -0.39 is 11.4 Å². The lowest BCUT2D eigenvalue weighted by Crippen LogP contribution is -2.40. The maximum absolute atomic E-state index is 14.2. The zero-order valence-electron chi connectivity index (χ0n) is 21.9. The van der Waals surface area contributed by atoms with Crippen molar-refractivity contribution in [2.45, 2.75) is 51.9 Å². The molecule has 1 spiro atoms. The molecule has 2 aliphatic heterocycles. The van der Waals surface area contributed by atoms with Crippen molar-refractivity contribution in [1.29, 1.82) is 0 Å². The van der Waals surface area contributed by atoms with Gasteiger partial charge in [0.15, 0.2) is 17.2 Å². The van der Waals surface area contributed by atoms with Crippen molar-refractivity contribution in [2.75, 3.05) is 19.6 Å². The molecule has 0 saturated carbocycles. The lowest BCUT2D eigenvalue weighted by atomic mass is 9.78. The maximum Gasteiger partial charge on any atom is 0.410 e. The predicted octanol–water partition coefficient (Wildman–Crippen LogP) is 5.65. The fourth-order valence-electron chi connectivity index (χ4n) is 5.25. The summed E-state index contributed by atoms with van der Waals surface area (Å²) < 4.78 is 32.2. The number of likely N-dealkylation sites (tertiary alicyclic amines) is 1. The van der Waals surface area contributed by atoms with Crippen LogP contribution in [0.25, 0.3) is 0 Å². The molecular formula is C29H33FN4O4. The fraction of sp³-hybridized carbons (Fsp3) is 0.414. The minimum atomic E-state index is -0.630. The van der Waals surface area contributed by atoms with Gasteiger partial charge in [0.1, 0.15) is 30.0 Å². The summed E-state index contributed by atoms with van der Waals surface area (Å²) in [6, 6.07) is 13.4. The number of hydrogen-bond acceptors (Lipinski definition) is 7. The first-order chi connectivity index (χ1) is 18.2. The number of nitrogens with one attached hydrogen (secondary N) is 1. The van der Waals surface area contributed by atoms with Crippen LogP contribution < -0.4 is 14.8 Å². The van der Waals surface area contributed by atoms with Crippen LogP contribution >= 0.6 is 0 Å². The lowest BCUT2D eigenvalue weighted by molar-refractivity contribution is 0.0160. The monoisotopic (exact) mass is 520 g/mol. The number of rotatable bonds is 6. The molecule has 3 aromatic rings. The Morgan fingerprint density at radius 1 is 1.13 bits per heavy atom. The molecule has 2 saturated heterocycles. The van der Waals surface area contributed by atoms with E-state index in [2.05, 4.69) is 15.3 Å². The number of nitrogens with zero attached hydrogens (tertiary/aromatic N) is 3. The van der Waals surface area contributed by atoms with E-state index in [4.69, 9.17) is 14.2 Å². The summed E-state index contributed by atoms with van der Waals surface area (Å²) in [4.78, 5) is 23.9. The van der Waals surface area contributed by atoms with E-state index in [9.17, 15) is 9.18 Å². The van der Waals surface area contributed by atoms with Crippen LogP contribution in [0.5, 0.6) is 17.2 Å². The Labute approximate surface area is 222 Å². The maximum atomic E-state index is 14.2. The first-order valence-corrected chi connectivity index (χ1v) is 12.9. The molecule has 0 radical (unpaired) electrons.